The quantitative estimate of drug-likeness (QED) is 0.170. The van der Waals surface area contributed by atoms with Gasteiger partial charge >= 0.3 is 0 Å². The van der Waals surface area contributed by atoms with Crippen molar-refractivity contribution >= 4 is 21.8 Å². The number of hydrogen-bond donors (Lipinski definition) is 0. The third kappa shape index (κ3) is 6.36. The molecule has 2 heterocycles. The van der Waals surface area contributed by atoms with Crippen LogP contribution in [0.1, 0.15) is 38.9 Å². The van der Waals surface area contributed by atoms with E-state index >= 15 is 0 Å². The summed E-state index contributed by atoms with van der Waals surface area (Å²) < 4.78 is 2.31. The van der Waals surface area contributed by atoms with Crippen molar-refractivity contribution in [1.82, 2.24) is 19.5 Å². The molecule has 9 rings (SSSR count). The monoisotopic (exact) mass is 735 g/mol. The maximum atomic E-state index is 10.2. The Kier molecular flexibility index (Phi) is 8.83. The molecule has 9 aromatic rings. The van der Waals surface area contributed by atoms with E-state index < -0.39 is 0 Å². The second kappa shape index (κ2) is 14.2. The molecule has 274 valence electrons. The molecule has 0 spiro atoms. The molecule has 0 atom stereocenters. The number of rotatable bonds is 6. The zero-order valence-corrected chi connectivity index (χ0v) is 33.0. The van der Waals surface area contributed by atoms with E-state index in [1.54, 1.807) is 0 Å². The molecule has 0 bridgehead atoms. The predicted octanol–water partition coefficient (Wildman–Crippen LogP) is 13.0. The first-order valence-corrected chi connectivity index (χ1v) is 19.3. The number of hydrogen-bond acceptors (Lipinski definition) is 4. The topological polar surface area (TPSA) is 67.4 Å². The van der Waals surface area contributed by atoms with Gasteiger partial charge in [-0.2, -0.15) is 5.26 Å². The Morgan fingerprint density at radius 3 is 1.32 bits per heavy atom. The first-order chi connectivity index (χ1) is 27.7. The van der Waals surface area contributed by atoms with Crippen LogP contribution in [0.2, 0.25) is 0 Å². The third-order valence-corrected chi connectivity index (χ3v) is 11.0. The number of benzene rings is 7. The minimum atomic E-state index is 0.495. The molecule has 0 aliphatic rings. The van der Waals surface area contributed by atoms with Gasteiger partial charge in [-0.15, -0.1) is 0 Å². The van der Waals surface area contributed by atoms with Gasteiger partial charge in [-0.3, -0.25) is 0 Å². The molecule has 5 heteroatoms. The third-order valence-electron chi connectivity index (χ3n) is 11.0. The SMILES string of the molecule is Cc1cc(C)c(-c2ccc3c(c2)c2cc(-c4c(C)cc(C)cc4C)ccc2n3-c2ccc(C#N)cc2-c2nc(-c3ccccc3)nc(-c3ccccc3)n2)c(C)c1. The van der Waals surface area contributed by atoms with Gasteiger partial charge in [0.2, 0.25) is 0 Å². The Labute approximate surface area is 333 Å². The van der Waals surface area contributed by atoms with Gasteiger partial charge in [0.15, 0.2) is 17.5 Å². The lowest BCUT2D eigenvalue weighted by molar-refractivity contribution is 1.06. The second-order valence-corrected chi connectivity index (χ2v) is 15.2. The van der Waals surface area contributed by atoms with Crippen LogP contribution in [0, 0.1) is 52.9 Å². The number of fused-ring (bicyclic) bond motifs is 3. The zero-order chi connectivity index (χ0) is 39.4. The van der Waals surface area contributed by atoms with Crippen molar-refractivity contribution in [1.29, 1.82) is 5.26 Å². The van der Waals surface area contributed by atoms with Crippen LogP contribution in [0.4, 0.5) is 0 Å². The standard InChI is InChI=1S/C52H41N5/c1-31-23-33(3)48(34(4)24-31)40-18-21-45-42(28-40)43-29-41(49-35(5)25-32(2)26-36(49)6)19-22-46(43)57(45)47-20-17-37(30-53)27-44(47)52-55-50(38-13-9-7-10-14-38)54-51(56-52)39-15-11-8-12-16-39/h7-29H,1-6H3. The zero-order valence-electron chi connectivity index (χ0n) is 33.0. The summed E-state index contributed by atoms with van der Waals surface area (Å²) in [6.45, 7) is 13.1. The molecule has 0 saturated heterocycles. The van der Waals surface area contributed by atoms with Crippen molar-refractivity contribution in [2.24, 2.45) is 0 Å². The van der Waals surface area contributed by atoms with Gasteiger partial charge < -0.3 is 4.57 Å². The molecular formula is C52H41N5. The maximum absolute atomic E-state index is 10.2. The Hall–Kier alpha value is -7.16. The molecule has 2 aromatic heterocycles. The number of nitrogens with zero attached hydrogens (tertiary/aromatic N) is 5. The van der Waals surface area contributed by atoms with E-state index in [0.717, 1.165) is 44.2 Å². The fraction of sp³-hybridized carbons (Fsp3) is 0.115. The molecule has 0 amide bonds. The average Bonchev–Trinajstić information content (AvgIpc) is 3.53. The van der Waals surface area contributed by atoms with Crippen LogP contribution in [0.25, 0.3) is 83.9 Å². The van der Waals surface area contributed by atoms with Gasteiger partial charge in [-0.25, -0.2) is 15.0 Å². The molecule has 7 aromatic carbocycles. The van der Waals surface area contributed by atoms with Crippen molar-refractivity contribution in [2.75, 3.05) is 0 Å². The fourth-order valence-corrected chi connectivity index (χ4v) is 8.77. The largest absolute Gasteiger partial charge is 0.308 e. The number of aromatic nitrogens is 4. The fourth-order valence-electron chi connectivity index (χ4n) is 8.77. The summed E-state index contributed by atoms with van der Waals surface area (Å²) in [4.78, 5) is 15.2. The molecule has 0 aliphatic heterocycles. The smallest absolute Gasteiger partial charge is 0.166 e. The van der Waals surface area contributed by atoms with E-state index in [0.29, 0.717) is 23.0 Å². The molecule has 57 heavy (non-hydrogen) atoms. The Balaban J connectivity index is 1.35. The lowest BCUT2D eigenvalue weighted by atomic mass is 9.91. The molecule has 0 radical (unpaired) electrons. The van der Waals surface area contributed by atoms with Gasteiger partial charge in [0.05, 0.1) is 28.4 Å². The Bertz CT molecular complexity index is 2860. The number of nitriles is 1. The molecule has 5 nitrogen and oxygen atoms in total. The Morgan fingerprint density at radius 2 is 0.877 bits per heavy atom. The highest BCUT2D eigenvalue weighted by Gasteiger charge is 2.22. The first kappa shape index (κ1) is 35.5. The summed E-state index contributed by atoms with van der Waals surface area (Å²) in [5.74, 6) is 1.63. The molecule has 0 unspecified atom stereocenters. The van der Waals surface area contributed by atoms with E-state index in [1.165, 1.54) is 55.6 Å². The van der Waals surface area contributed by atoms with E-state index in [-0.39, 0.29) is 0 Å². The van der Waals surface area contributed by atoms with Gasteiger partial charge in [-0.1, -0.05) is 108 Å². The highest BCUT2D eigenvalue weighted by molar-refractivity contribution is 6.12. The van der Waals surface area contributed by atoms with Crippen LogP contribution in [-0.4, -0.2) is 19.5 Å². The van der Waals surface area contributed by atoms with Gasteiger partial charge in [0.25, 0.3) is 0 Å². The average molecular weight is 736 g/mol. The van der Waals surface area contributed by atoms with Gasteiger partial charge in [0, 0.05) is 27.5 Å². The van der Waals surface area contributed by atoms with Crippen LogP contribution in [0.3, 0.4) is 0 Å². The molecule has 0 fully saturated rings. The van der Waals surface area contributed by atoms with Crippen LogP contribution in [0.5, 0.6) is 0 Å². The van der Waals surface area contributed by atoms with E-state index in [2.05, 4.69) is 113 Å². The predicted molar refractivity (Wildman–Crippen MR) is 234 cm³/mol. The summed E-state index contributed by atoms with van der Waals surface area (Å²) in [6.07, 6.45) is 0. The minimum Gasteiger partial charge on any atom is -0.308 e. The summed E-state index contributed by atoms with van der Waals surface area (Å²) in [5.41, 5.74) is 18.5. The lowest BCUT2D eigenvalue weighted by Crippen LogP contribution is -2.04. The van der Waals surface area contributed by atoms with Crippen molar-refractivity contribution in [3.63, 3.8) is 0 Å². The molecule has 0 N–H and O–H groups in total. The highest BCUT2D eigenvalue weighted by Crippen LogP contribution is 2.41. The van der Waals surface area contributed by atoms with Crippen molar-refractivity contribution in [3.8, 4) is 68.2 Å². The summed E-state index contributed by atoms with van der Waals surface area (Å²) >= 11 is 0. The molecule has 0 aliphatic carbocycles. The maximum Gasteiger partial charge on any atom is 0.166 e. The van der Waals surface area contributed by atoms with Gasteiger partial charge in [-0.05, 0) is 129 Å². The van der Waals surface area contributed by atoms with Gasteiger partial charge in [0.1, 0.15) is 0 Å². The van der Waals surface area contributed by atoms with Crippen molar-refractivity contribution in [3.05, 3.63) is 178 Å². The van der Waals surface area contributed by atoms with E-state index in [9.17, 15) is 5.26 Å². The first-order valence-electron chi connectivity index (χ1n) is 19.3. The Morgan fingerprint density at radius 1 is 0.439 bits per heavy atom. The summed E-state index contributed by atoms with van der Waals surface area (Å²) in [6, 6.07) is 50.9. The van der Waals surface area contributed by atoms with Crippen LogP contribution >= 0.6 is 0 Å². The highest BCUT2D eigenvalue weighted by atomic mass is 15.1. The number of aryl methyl sites for hydroxylation is 6. The van der Waals surface area contributed by atoms with E-state index in [4.69, 9.17) is 15.0 Å². The van der Waals surface area contributed by atoms with Crippen LogP contribution in [0.15, 0.2) is 140 Å². The summed E-state index contributed by atoms with van der Waals surface area (Å²) in [5, 5.41) is 12.5. The summed E-state index contributed by atoms with van der Waals surface area (Å²) in [7, 11) is 0. The molecule has 0 saturated carbocycles. The van der Waals surface area contributed by atoms with Crippen LogP contribution < -0.4 is 0 Å². The minimum absolute atomic E-state index is 0.495. The van der Waals surface area contributed by atoms with Crippen molar-refractivity contribution in [2.45, 2.75) is 41.5 Å². The molecular weight excluding hydrogens is 695 g/mol. The second-order valence-electron chi connectivity index (χ2n) is 15.2. The lowest BCUT2D eigenvalue weighted by Gasteiger charge is -2.16. The van der Waals surface area contributed by atoms with E-state index in [1.807, 2.05) is 78.9 Å². The van der Waals surface area contributed by atoms with Crippen molar-refractivity contribution < 1.29 is 0 Å². The normalized spacial score (nSPS) is 11.3. The van der Waals surface area contributed by atoms with Crippen LogP contribution in [-0.2, 0) is 0 Å².